The Kier molecular flexibility index (Phi) is 6.66. The molecule has 1 aromatic heterocycles. The van der Waals surface area contributed by atoms with Crippen molar-refractivity contribution in [2.45, 2.75) is 19.3 Å². The summed E-state index contributed by atoms with van der Waals surface area (Å²) in [5, 5.41) is 5.67. The predicted molar refractivity (Wildman–Crippen MR) is 113 cm³/mol. The molecule has 3 rings (SSSR count). The summed E-state index contributed by atoms with van der Waals surface area (Å²) in [5.41, 5.74) is 2.28. The van der Waals surface area contributed by atoms with E-state index in [-0.39, 0.29) is 17.6 Å². The second-order valence-electron chi connectivity index (χ2n) is 6.49. The lowest BCUT2D eigenvalue weighted by molar-refractivity contribution is 0.0950. The number of nitrogens with one attached hydrogen (secondary N) is 2. The Morgan fingerprint density at radius 2 is 1.79 bits per heavy atom. The largest absolute Gasteiger partial charge is 0.444 e. The summed E-state index contributed by atoms with van der Waals surface area (Å²) in [7, 11) is 0. The van der Waals surface area contributed by atoms with Gasteiger partial charge in [0.2, 0.25) is 0 Å². The second-order valence-corrected chi connectivity index (χ2v) is 7.28. The molecule has 28 heavy (non-hydrogen) atoms. The number of rotatable bonds is 7. The number of hydrogen-bond acceptors (Lipinski definition) is 3. The molecule has 6 heteroatoms. The van der Waals surface area contributed by atoms with Crippen molar-refractivity contribution in [3.8, 4) is 0 Å². The third-order valence-corrected chi connectivity index (χ3v) is 4.84. The molecule has 0 bridgehead atoms. The molecule has 1 heterocycles. The minimum atomic E-state index is -0.375. The zero-order valence-corrected chi connectivity index (χ0v) is 17.0. The van der Waals surface area contributed by atoms with Gasteiger partial charge in [-0.3, -0.25) is 9.59 Å². The molecule has 2 N–H and O–H groups in total. The molecule has 0 radical (unpaired) electrons. The summed E-state index contributed by atoms with van der Waals surface area (Å²) in [6.45, 7) is 2.72. The fourth-order valence-corrected chi connectivity index (χ4v) is 3.13. The van der Waals surface area contributed by atoms with Gasteiger partial charge in [0.05, 0.1) is 0 Å². The number of carbonyl (C=O) groups excluding carboxylic acids is 2. The molecule has 5 nitrogen and oxygen atoms in total. The second kappa shape index (κ2) is 9.37. The number of carbonyl (C=O) groups is 2. The maximum Gasteiger partial charge on any atom is 0.291 e. The Hall–Kier alpha value is -2.86. The van der Waals surface area contributed by atoms with E-state index in [1.807, 2.05) is 18.2 Å². The first-order valence-corrected chi connectivity index (χ1v) is 9.82. The monoisotopic (exact) mass is 440 g/mol. The van der Waals surface area contributed by atoms with E-state index in [9.17, 15) is 9.59 Å². The van der Waals surface area contributed by atoms with E-state index in [1.54, 1.807) is 36.4 Å². The average molecular weight is 441 g/mol. The highest BCUT2D eigenvalue weighted by Crippen LogP contribution is 2.18. The third kappa shape index (κ3) is 5.33. The summed E-state index contributed by atoms with van der Waals surface area (Å²) in [6.07, 6.45) is 0.847. The van der Waals surface area contributed by atoms with Gasteiger partial charge in [-0.05, 0) is 64.2 Å². The quantitative estimate of drug-likeness (QED) is 0.528. The summed E-state index contributed by atoms with van der Waals surface area (Å²) < 4.78 is 5.71. The van der Waals surface area contributed by atoms with Crippen LogP contribution in [0.3, 0.4) is 0 Å². The van der Waals surface area contributed by atoms with Gasteiger partial charge in [0.25, 0.3) is 11.8 Å². The van der Waals surface area contributed by atoms with Gasteiger partial charge < -0.3 is 15.1 Å². The molecule has 2 amide bonds. The number of anilines is 1. The minimum Gasteiger partial charge on any atom is -0.444 e. The van der Waals surface area contributed by atoms with Crippen molar-refractivity contribution in [1.29, 1.82) is 0 Å². The molecule has 1 unspecified atom stereocenters. The molecule has 144 valence electrons. The number of furan rings is 1. The summed E-state index contributed by atoms with van der Waals surface area (Å²) in [6, 6.07) is 20.3. The van der Waals surface area contributed by atoms with Crippen LogP contribution in [0.2, 0.25) is 0 Å². The van der Waals surface area contributed by atoms with E-state index >= 15 is 0 Å². The fraction of sp³-hybridized carbons (Fsp3) is 0.182. The van der Waals surface area contributed by atoms with Gasteiger partial charge in [0.1, 0.15) is 0 Å². The molecule has 0 saturated heterocycles. The Bertz CT molecular complexity index is 953. The molecule has 0 aliphatic heterocycles. The first-order valence-electron chi connectivity index (χ1n) is 9.03. The lowest BCUT2D eigenvalue weighted by atomic mass is 9.98. The van der Waals surface area contributed by atoms with Crippen LogP contribution < -0.4 is 10.6 Å². The Morgan fingerprint density at radius 1 is 1.00 bits per heavy atom. The number of hydrogen-bond donors (Lipinski definition) is 2. The van der Waals surface area contributed by atoms with Crippen LogP contribution in [-0.2, 0) is 0 Å². The lowest BCUT2D eigenvalue weighted by Gasteiger charge is -2.13. The van der Waals surface area contributed by atoms with Gasteiger partial charge in [0.15, 0.2) is 10.4 Å². The van der Waals surface area contributed by atoms with Crippen molar-refractivity contribution in [3.05, 3.63) is 88.3 Å². The van der Waals surface area contributed by atoms with Crippen LogP contribution in [0.25, 0.3) is 0 Å². The maximum atomic E-state index is 12.4. The molecular formula is C22H21BrN2O3. The van der Waals surface area contributed by atoms with Crippen LogP contribution in [0.1, 0.15) is 45.7 Å². The van der Waals surface area contributed by atoms with Crippen molar-refractivity contribution < 1.29 is 14.0 Å². The standard InChI is InChI=1S/C22H21BrN2O3/c1-15(16-6-3-2-4-7-16)12-13-24-21(26)17-8-5-9-18(14-17)25-22(27)19-10-11-20(23)28-19/h2-11,14-15H,12-13H2,1H3,(H,24,26)(H,25,27). The molecule has 1 atom stereocenters. The van der Waals surface area contributed by atoms with Crippen molar-refractivity contribution in [3.63, 3.8) is 0 Å². The molecule has 0 aliphatic rings. The lowest BCUT2D eigenvalue weighted by Crippen LogP contribution is -2.25. The van der Waals surface area contributed by atoms with Crippen LogP contribution in [0.5, 0.6) is 0 Å². The SMILES string of the molecule is CC(CCNC(=O)c1cccc(NC(=O)c2ccc(Br)o2)c1)c1ccccc1. The highest BCUT2D eigenvalue weighted by atomic mass is 79.9. The summed E-state index contributed by atoms with van der Waals surface area (Å²) in [4.78, 5) is 24.6. The number of benzene rings is 2. The summed E-state index contributed by atoms with van der Waals surface area (Å²) in [5.74, 6) is 0.00780. The van der Waals surface area contributed by atoms with Crippen LogP contribution in [0, 0.1) is 0 Å². The van der Waals surface area contributed by atoms with Crippen molar-refractivity contribution >= 4 is 33.4 Å². The Morgan fingerprint density at radius 3 is 2.50 bits per heavy atom. The van der Waals surface area contributed by atoms with Gasteiger partial charge in [-0.2, -0.15) is 0 Å². The fourth-order valence-electron chi connectivity index (χ4n) is 2.82. The zero-order valence-electron chi connectivity index (χ0n) is 15.4. The van der Waals surface area contributed by atoms with E-state index in [0.29, 0.717) is 28.4 Å². The highest BCUT2D eigenvalue weighted by Gasteiger charge is 2.12. The molecule has 3 aromatic rings. The van der Waals surface area contributed by atoms with Gasteiger partial charge in [-0.15, -0.1) is 0 Å². The van der Waals surface area contributed by atoms with E-state index in [4.69, 9.17) is 4.42 Å². The van der Waals surface area contributed by atoms with Crippen molar-refractivity contribution in [2.75, 3.05) is 11.9 Å². The van der Waals surface area contributed by atoms with E-state index in [1.165, 1.54) is 5.56 Å². The highest BCUT2D eigenvalue weighted by molar-refractivity contribution is 9.10. The molecule has 0 saturated carbocycles. The summed E-state index contributed by atoms with van der Waals surface area (Å²) >= 11 is 3.17. The van der Waals surface area contributed by atoms with Crippen molar-refractivity contribution in [1.82, 2.24) is 5.32 Å². The molecule has 0 fully saturated rings. The molecule has 0 spiro atoms. The Labute approximate surface area is 172 Å². The number of halogens is 1. The zero-order chi connectivity index (χ0) is 19.9. The van der Waals surface area contributed by atoms with E-state index < -0.39 is 0 Å². The molecule has 0 aliphatic carbocycles. The minimum absolute atomic E-state index is 0.169. The first kappa shape index (κ1) is 19.9. The number of amides is 2. The van der Waals surface area contributed by atoms with Gasteiger partial charge in [-0.25, -0.2) is 0 Å². The van der Waals surface area contributed by atoms with Crippen LogP contribution in [-0.4, -0.2) is 18.4 Å². The van der Waals surface area contributed by atoms with Crippen LogP contribution in [0.15, 0.2) is 75.8 Å². The average Bonchev–Trinajstić information content (AvgIpc) is 3.15. The molecular weight excluding hydrogens is 420 g/mol. The maximum absolute atomic E-state index is 12.4. The smallest absolute Gasteiger partial charge is 0.291 e. The first-order chi connectivity index (χ1) is 13.5. The normalized spacial score (nSPS) is 11.6. The molecule has 2 aromatic carbocycles. The van der Waals surface area contributed by atoms with E-state index in [2.05, 4.69) is 45.6 Å². The van der Waals surface area contributed by atoms with Crippen LogP contribution in [0.4, 0.5) is 5.69 Å². The van der Waals surface area contributed by atoms with Gasteiger partial charge in [0, 0.05) is 17.8 Å². The van der Waals surface area contributed by atoms with Crippen molar-refractivity contribution in [2.24, 2.45) is 0 Å². The van der Waals surface area contributed by atoms with E-state index in [0.717, 1.165) is 6.42 Å². The topological polar surface area (TPSA) is 71.3 Å². The Balaban J connectivity index is 1.54. The van der Waals surface area contributed by atoms with Gasteiger partial charge in [-0.1, -0.05) is 43.3 Å². The van der Waals surface area contributed by atoms with Gasteiger partial charge >= 0.3 is 0 Å². The third-order valence-electron chi connectivity index (χ3n) is 4.41. The van der Waals surface area contributed by atoms with Crippen LogP contribution >= 0.6 is 15.9 Å². The predicted octanol–water partition coefficient (Wildman–Crippen LogP) is 5.22.